The maximum absolute atomic E-state index is 9.30. The fraction of sp³-hybridized carbons (Fsp3) is 0.600. The van der Waals surface area contributed by atoms with Gasteiger partial charge in [-0.2, -0.15) is 0 Å². The molecule has 0 aromatic heterocycles. The van der Waals surface area contributed by atoms with Crippen molar-refractivity contribution in [2.45, 2.75) is 45.9 Å². The van der Waals surface area contributed by atoms with Crippen molar-refractivity contribution in [2.24, 2.45) is 0 Å². The number of rotatable bonds is 7. The van der Waals surface area contributed by atoms with Gasteiger partial charge < -0.3 is 19.9 Å². The predicted molar refractivity (Wildman–Crippen MR) is 81.8 cm³/mol. The molecule has 0 saturated heterocycles. The highest BCUT2D eigenvalue weighted by atomic mass is 35.5. The molecule has 1 aromatic carbocycles. The van der Waals surface area contributed by atoms with Crippen LogP contribution in [0.4, 0.5) is 0 Å². The van der Waals surface area contributed by atoms with Crippen LogP contribution >= 0.6 is 11.6 Å². The molecule has 0 heterocycles. The van der Waals surface area contributed by atoms with Crippen LogP contribution in [0, 0.1) is 0 Å². The summed E-state index contributed by atoms with van der Waals surface area (Å²) in [5, 5.41) is 13.2. The maximum atomic E-state index is 9.30. The molecule has 1 rings (SSSR count). The van der Waals surface area contributed by atoms with E-state index in [-0.39, 0.29) is 18.2 Å². The molecule has 0 bridgehead atoms. The Bertz CT molecular complexity index is 447. The number of halogens is 1. The normalized spacial score (nSPS) is 11.8. The molecule has 0 aliphatic carbocycles. The molecule has 114 valence electrons. The van der Waals surface area contributed by atoms with Crippen LogP contribution in [0.5, 0.6) is 11.5 Å². The van der Waals surface area contributed by atoms with Gasteiger partial charge in [0.1, 0.15) is 0 Å². The molecule has 0 aliphatic heterocycles. The largest absolute Gasteiger partial charge is 0.493 e. The van der Waals surface area contributed by atoms with Gasteiger partial charge in [-0.05, 0) is 33.8 Å². The predicted octanol–water partition coefficient (Wildman–Crippen LogP) is 3.00. The summed E-state index contributed by atoms with van der Waals surface area (Å²) in [4.78, 5) is 0. The van der Waals surface area contributed by atoms with E-state index >= 15 is 0 Å². The number of ether oxygens (including phenoxy) is 2. The van der Waals surface area contributed by atoms with Crippen molar-refractivity contribution in [1.82, 2.24) is 5.32 Å². The molecule has 20 heavy (non-hydrogen) atoms. The summed E-state index contributed by atoms with van der Waals surface area (Å²) in [5.41, 5.74) is 0.537. The van der Waals surface area contributed by atoms with Crippen LogP contribution in [-0.2, 0) is 6.54 Å². The topological polar surface area (TPSA) is 50.7 Å². The van der Waals surface area contributed by atoms with Gasteiger partial charge in [-0.25, -0.2) is 0 Å². The van der Waals surface area contributed by atoms with Gasteiger partial charge in [0.2, 0.25) is 0 Å². The van der Waals surface area contributed by atoms with E-state index < -0.39 is 0 Å². The molecule has 0 radical (unpaired) electrons. The summed E-state index contributed by atoms with van der Waals surface area (Å²) in [6.07, 6.45) is 0.0367. The fourth-order valence-electron chi connectivity index (χ4n) is 1.67. The molecule has 0 spiro atoms. The quantitative estimate of drug-likeness (QED) is 0.813. The summed E-state index contributed by atoms with van der Waals surface area (Å²) in [6, 6.07) is 3.59. The average Bonchev–Trinajstić information content (AvgIpc) is 2.38. The third-order valence-corrected chi connectivity index (χ3v) is 3.04. The van der Waals surface area contributed by atoms with Crippen LogP contribution in [0.15, 0.2) is 12.1 Å². The summed E-state index contributed by atoms with van der Waals surface area (Å²) in [6.45, 7) is 8.36. The Hall–Kier alpha value is -0.970. The lowest BCUT2D eigenvalue weighted by molar-refractivity contribution is 0.185. The Labute approximate surface area is 126 Å². The zero-order valence-electron chi connectivity index (χ0n) is 12.8. The second-order valence-corrected chi connectivity index (χ2v) is 6.09. The van der Waals surface area contributed by atoms with Crippen molar-refractivity contribution in [3.63, 3.8) is 0 Å². The maximum Gasteiger partial charge on any atom is 0.166 e. The van der Waals surface area contributed by atoms with Crippen molar-refractivity contribution in [2.75, 3.05) is 13.7 Å². The van der Waals surface area contributed by atoms with Gasteiger partial charge in [-0.1, -0.05) is 11.6 Å². The Morgan fingerprint density at radius 1 is 1.35 bits per heavy atom. The molecule has 0 atom stereocenters. The number of benzene rings is 1. The first-order chi connectivity index (χ1) is 9.29. The van der Waals surface area contributed by atoms with Crippen LogP contribution in [-0.4, -0.2) is 30.5 Å². The molecule has 0 saturated carbocycles. The minimum Gasteiger partial charge on any atom is -0.493 e. The minimum atomic E-state index is -0.370. The van der Waals surface area contributed by atoms with Gasteiger partial charge >= 0.3 is 0 Å². The van der Waals surface area contributed by atoms with Crippen LogP contribution in [0.2, 0.25) is 5.02 Å². The van der Waals surface area contributed by atoms with Crippen molar-refractivity contribution in [3.05, 3.63) is 22.7 Å². The number of hydrogen-bond acceptors (Lipinski definition) is 4. The number of methoxy groups -OCH3 is 1. The number of aliphatic hydroxyl groups excluding tert-OH is 1. The van der Waals surface area contributed by atoms with E-state index in [0.717, 1.165) is 5.56 Å². The SMILES string of the molecule is COc1cc(Cl)cc(CNC(C)(C)CO)c1OC(C)C. The Balaban J connectivity index is 3.06. The van der Waals surface area contributed by atoms with Gasteiger partial charge in [-0.3, -0.25) is 0 Å². The number of aliphatic hydroxyl groups is 1. The average molecular weight is 302 g/mol. The highest BCUT2D eigenvalue weighted by Gasteiger charge is 2.19. The van der Waals surface area contributed by atoms with Gasteiger partial charge in [0.05, 0.1) is 19.8 Å². The molecule has 0 aliphatic rings. The zero-order valence-corrected chi connectivity index (χ0v) is 13.5. The lowest BCUT2D eigenvalue weighted by Gasteiger charge is -2.25. The molecular formula is C15H24ClNO3. The first-order valence-electron chi connectivity index (χ1n) is 6.68. The Morgan fingerprint density at radius 3 is 2.50 bits per heavy atom. The molecule has 0 fully saturated rings. The molecule has 5 heteroatoms. The summed E-state index contributed by atoms with van der Waals surface area (Å²) in [5.74, 6) is 1.30. The third kappa shape index (κ3) is 4.85. The summed E-state index contributed by atoms with van der Waals surface area (Å²) >= 11 is 6.11. The standard InChI is InChI=1S/C15H24ClNO3/c1-10(2)20-14-11(8-17-15(3,4)9-18)6-12(16)7-13(14)19-5/h6-7,10,17-18H,8-9H2,1-5H3. The van der Waals surface area contributed by atoms with Gasteiger partial charge in [0.15, 0.2) is 11.5 Å². The zero-order chi connectivity index (χ0) is 15.3. The monoisotopic (exact) mass is 301 g/mol. The van der Waals surface area contributed by atoms with E-state index in [9.17, 15) is 5.11 Å². The smallest absolute Gasteiger partial charge is 0.166 e. The molecular weight excluding hydrogens is 278 g/mol. The van der Waals surface area contributed by atoms with E-state index in [0.29, 0.717) is 23.1 Å². The van der Waals surface area contributed by atoms with Crippen molar-refractivity contribution < 1.29 is 14.6 Å². The van der Waals surface area contributed by atoms with Gasteiger partial charge in [0, 0.05) is 28.7 Å². The molecule has 0 amide bonds. The minimum absolute atomic E-state index is 0.0367. The van der Waals surface area contributed by atoms with Crippen LogP contribution < -0.4 is 14.8 Å². The lowest BCUT2D eigenvalue weighted by Crippen LogP contribution is -2.42. The fourth-order valence-corrected chi connectivity index (χ4v) is 1.90. The summed E-state index contributed by atoms with van der Waals surface area (Å²) < 4.78 is 11.2. The van der Waals surface area contributed by atoms with Crippen molar-refractivity contribution >= 4 is 11.6 Å². The van der Waals surface area contributed by atoms with E-state index in [1.807, 2.05) is 33.8 Å². The van der Waals surface area contributed by atoms with Crippen LogP contribution in [0.1, 0.15) is 33.3 Å². The van der Waals surface area contributed by atoms with Crippen molar-refractivity contribution in [3.8, 4) is 11.5 Å². The molecule has 2 N–H and O–H groups in total. The van der Waals surface area contributed by atoms with E-state index in [1.165, 1.54) is 0 Å². The van der Waals surface area contributed by atoms with E-state index in [4.69, 9.17) is 21.1 Å². The Morgan fingerprint density at radius 2 is 2.00 bits per heavy atom. The number of nitrogens with one attached hydrogen (secondary N) is 1. The first-order valence-corrected chi connectivity index (χ1v) is 7.06. The molecule has 1 aromatic rings. The number of hydrogen-bond donors (Lipinski definition) is 2. The van der Waals surface area contributed by atoms with E-state index in [2.05, 4.69) is 5.32 Å². The summed E-state index contributed by atoms with van der Waals surface area (Å²) in [7, 11) is 1.59. The molecule has 0 unspecified atom stereocenters. The Kier molecular flexibility index (Phi) is 6.11. The first kappa shape index (κ1) is 17.1. The molecule has 4 nitrogen and oxygen atoms in total. The highest BCUT2D eigenvalue weighted by Crippen LogP contribution is 2.35. The lowest BCUT2D eigenvalue weighted by atomic mass is 10.1. The van der Waals surface area contributed by atoms with Crippen molar-refractivity contribution in [1.29, 1.82) is 0 Å². The highest BCUT2D eigenvalue weighted by molar-refractivity contribution is 6.30. The van der Waals surface area contributed by atoms with Crippen LogP contribution in [0.3, 0.4) is 0 Å². The second-order valence-electron chi connectivity index (χ2n) is 5.66. The second kappa shape index (κ2) is 7.16. The van der Waals surface area contributed by atoms with Crippen LogP contribution in [0.25, 0.3) is 0 Å². The third-order valence-electron chi connectivity index (χ3n) is 2.82. The van der Waals surface area contributed by atoms with Gasteiger partial charge in [-0.15, -0.1) is 0 Å². The van der Waals surface area contributed by atoms with E-state index in [1.54, 1.807) is 13.2 Å². The van der Waals surface area contributed by atoms with Gasteiger partial charge in [0.25, 0.3) is 0 Å².